The van der Waals surface area contributed by atoms with Crippen molar-refractivity contribution in [1.82, 2.24) is 5.32 Å². The number of rotatable bonds is 8. The van der Waals surface area contributed by atoms with Crippen molar-refractivity contribution >= 4 is 28.3 Å². The first-order valence-electron chi connectivity index (χ1n) is 8.18. The molecule has 2 aromatic rings. The minimum absolute atomic E-state index is 0.0505. The van der Waals surface area contributed by atoms with Crippen molar-refractivity contribution in [3.8, 4) is 5.75 Å². The molecule has 2 rings (SSSR count). The maximum absolute atomic E-state index is 12.4. The van der Waals surface area contributed by atoms with Gasteiger partial charge >= 0.3 is 0 Å². The zero-order valence-electron chi connectivity index (χ0n) is 14.8. The average Bonchev–Trinajstić information content (AvgIpc) is 2.61. The molecule has 0 fully saturated rings. The van der Waals surface area contributed by atoms with E-state index in [1.54, 1.807) is 48.7 Å². The van der Waals surface area contributed by atoms with Crippen LogP contribution in [0.2, 0.25) is 0 Å². The Morgan fingerprint density at radius 2 is 1.85 bits per heavy atom. The second kappa shape index (κ2) is 9.72. The van der Waals surface area contributed by atoms with Gasteiger partial charge in [0.25, 0.3) is 11.8 Å². The highest BCUT2D eigenvalue weighted by atomic mass is 32.2. The van der Waals surface area contributed by atoms with Crippen LogP contribution in [0.5, 0.6) is 5.75 Å². The Morgan fingerprint density at radius 1 is 1.12 bits per heavy atom. The second-order valence-corrected chi connectivity index (χ2v) is 7.07. The number of benzene rings is 2. The molecule has 6 nitrogen and oxygen atoms in total. The summed E-state index contributed by atoms with van der Waals surface area (Å²) in [6, 6.07) is 13.8. The largest absolute Gasteiger partial charge is 0.484 e. The lowest BCUT2D eigenvalue weighted by molar-refractivity contribution is -0.122. The predicted octanol–water partition coefficient (Wildman–Crippen LogP) is 2.33. The maximum Gasteiger partial charge on any atom is 0.257 e. The molecular weight excluding hydrogens is 352 g/mol. The summed E-state index contributed by atoms with van der Waals surface area (Å²) in [5, 5.41) is 5.45. The topological polar surface area (TPSA) is 84.5 Å². The Morgan fingerprint density at radius 3 is 2.50 bits per heavy atom. The Kier molecular flexibility index (Phi) is 7.35. The third kappa shape index (κ3) is 6.33. The van der Waals surface area contributed by atoms with Crippen LogP contribution in [0.4, 0.5) is 5.69 Å². The van der Waals surface area contributed by atoms with Crippen LogP contribution in [0.1, 0.15) is 22.8 Å². The second-order valence-electron chi connectivity index (χ2n) is 5.64. The number of anilines is 1. The summed E-state index contributed by atoms with van der Waals surface area (Å²) in [5.41, 5.74) is 1.97. The van der Waals surface area contributed by atoms with E-state index in [2.05, 4.69) is 10.6 Å². The van der Waals surface area contributed by atoms with Crippen molar-refractivity contribution in [2.45, 2.75) is 12.7 Å². The third-order valence-electron chi connectivity index (χ3n) is 3.42. The van der Waals surface area contributed by atoms with Crippen molar-refractivity contribution < 1.29 is 18.5 Å². The molecule has 0 aliphatic carbocycles. The number of hydrogen-bond acceptors (Lipinski definition) is 4. The van der Waals surface area contributed by atoms with Gasteiger partial charge in [0.05, 0.1) is 0 Å². The monoisotopic (exact) mass is 374 g/mol. The predicted molar refractivity (Wildman–Crippen MR) is 103 cm³/mol. The van der Waals surface area contributed by atoms with Gasteiger partial charge in [-0.05, 0) is 48.9 Å². The van der Waals surface area contributed by atoms with Gasteiger partial charge < -0.3 is 15.4 Å². The van der Waals surface area contributed by atoms with Gasteiger partial charge in [-0.25, -0.2) is 0 Å². The minimum atomic E-state index is -0.960. The molecule has 0 aromatic heterocycles. The smallest absolute Gasteiger partial charge is 0.257 e. The summed E-state index contributed by atoms with van der Waals surface area (Å²) >= 11 is 0. The zero-order chi connectivity index (χ0) is 18.9. The molecule has 138 valence electrons. The first-order valence-corrected chi connectivity index (χ1v) is 9.90. The van der Waals surface area contributed by atoms with Crippen LogP contribution in [-0.4, -0.2) is 35.4 Å². The van der Waals surface area contributed by atoms with Crippen LogP contribution in [0.3, 0.4) is 0 Å². The Hall–Kier alpha value is -2.67. The van der Waals surface area contributed by atoms with E-state index in [1.807, 2.05) is 13.0 Å². The molecule has 2 N–H and O–H groups in total. The standard InChI is InChI=1S/C19H22N2O4S/c1-3-20-18(22)12-25-17-9-7-16(8-10-17)21-19(23)15-6-4-5-14(11-15)13-26(2)24/h4-11H,3,12-13H2,1-2H3,(H,20,22)(H,21,23). The molecule has 0 bridgehead atoms. The molecule has 0 aliphatic rings. The molecule has 26 heavy (non-hydrogen) atoms. The summed E-state index contributed by atoms with van der Waals surface area (Å²) in [4.78, 5) is 23.7. The van der Waals surface area contributed by atoms with E-state index >= 15 is 0 Å². The highest BCUT2D eigenvalue weighted by Gasteiger charge is 2.08. The lowest BCUT2D eigenvalue weighted by atomic mass is 10.1. The van der Waals surface area contributed by atoms with Crippen LogP contribution in [0.25, 0.3) is 0 Å². The van der Waals surface area contributed by atoms with E-state index in [4.69, 9.17) is 4.74 Å². The number of likely N-dealkylation sites (N-methyl/N-ethyl adjacent to an activating group) is 1. The molecule has 0 heterocycles. The highest BCUT2D eigenvalue weighted by Crippen LogP contribution is 2.17. The van der Waals surface area contributed by atoms with Crippen molar-refractivity contribution in [2.24, 2.45) is 0 Å². The zero-order valence-corrected chi connectivity index (χ0v) is 15.6. The van der Waals surface area contributed by atoms with E-state index in [1.165, 1.54) is 0 Å². The van der Waals surface area contributed by atoms with Crippen LogP contribution in [0.15, 0.2) is 48.5 Å². The van der Waals surface area contributed by atoms with Crippen LogP contribution >= 0.6 is 0 Å². The van der Waals surface area contributed by atoms with Crippen molar-refractivity contribution in [3.63, 3.8) is 0 Å². The van der Waals surface area contributed by atoms with E-state index < -0.39 is 10.8 Å². The molecule has 0 radical (unpaired) electrons. The van der Waals surface area contributed by atoms with Gasteiger partial charge in [-0.15, -0.1) is 0 Å². The first kappa shape index (κ1) is 19.7. The number of carbonyl (C=O) groups excluding carboxylic acids is 2. The van der Waals surface area contributed by atoms with E-state index in [0.29, 0.717) is 29.3 Å². The summed E-state index contributed by atoms with van der Waals surface area (Å²) in [6.45, 7) is 2.35. The van der Waals surface area contributed by atoms with Gasteiger partial charge in [0, 0.05) is 40.6 Å². The molecule has 0 saturated carbocycles. The molecule has 2 aromatic carbocycles. The Labute approximate surface area is 155 Å². The fraction of sp³-hybridized carbons (Fsp3) is 0.263. The van der Waals surface area contributed by atoms with E-state index in [-0.39, 0.29) is 18.4 Å². The van der Waals surface area contributed by atoms with Gasteiger partial charge in [-0.3, -0.25) is 13.8 Å². The number of nitrogens with one attached hydrogen (secondary N) is 2. The third-order valence-corrected chi connectivity index (χ3v) is 4.16. The van der Waals surface area contributed by atoms with Crippen LogP contribution in [-0.2, 0) is 21.3 Å². The number of amides is 2. The van der Waals surface area contributed by atoms with Gasteiger partial charge in [0.2, 0.25) is 0 Å². The van der Waals surface area contributed by atoms with E-state index in [0.717, 1.165) is 5.56 Å². The van der Waals surface area contributed by atoms with Gasteiger partial charge in [-0.1, -0.05) is 12.1 Å². The molecule has 2 amide bonds. The molecule has 1 atom stereocenters. The minimum Gasteiger partial charge on any atom is -0.484 e. The van der Waals surface area contributed by atoms with E-state index in [9.17, 15) is 13.8 Å². The number of ether oxygens (including phenoxy) is 1. The fourth-order valence-electron chi connectivity index (χ4n) is 2.27. The number of hydrogen-bond donors (Lipinski definition) is 2. The van der Waals surface area contributed by atoms with Crippen molar-refractivity contribution in [3.05, 3.63) is 59.7 Å². The first-order chi connectivity index (χ1) is 12.5. The van der Waals surface area contributed by atoms with Crippen molar-refractivity contribution in [2.75, 3.05) is 24.7 Å². The maximum atomic E-state index is 12.4. The van der Waals surface area contributed by atoms with Crippen LogP contribution < -0.4 is 15.4 Å². The normalized spacial score (nSPS) is 11.5. The Balaban J connectivity index is 1.95. The van der Waals surface area contributed by atoms with Crippen LogP contribution in [0, 0.1) is 0 Å². The summed E-state index contributed by atoms with van der Waals surface area (Å²) in [6.07, 6.45) is 1.63. The summed E-state index contributed by atoms with van der Waals surface area (Å²) in [7, 11) is -0.960. The van der Waals surface area contributed by atoms with Crippen molar-refractivity contribution in [1.29, 1.82) is 0 Å². The molecule has 0 spiro atoms. The molecule has 1 unspecified atom stereocenters. The van der Waals surface area contributed by atoms with Gasteiger partial charge in [0.15, 0.2) is 6.61 Å². The molecule has 0 saturated heterocycles. The fourth-order valence-corrected chi connectivity index (χ4v) is 2.92. The lowest BCUT2D eigenvalue weighted by Gasteiger charge is -2.09. The highest BCUT2D eigenvalue weighted by molar-refractivity contribution is 7.83. The molecule has 7 heteroatoms. The summed E-state index contributed by atoms with van der Waals surface area (Å²) in [5.74, 6) is 0.530. The van der Waals surface area contributed by atoms with Gasteiger partial charge in [0.1, 0.15) is 5.75 Å². The molecule has 0 aliphatic heterocycles. The molecular formula is C19H22N2O4S. The SMILES string of the molecule is CCNC(=O)COc1ccc(NC(=O)c2cccc(CS(C)=O)c2)cc1. The van der Waals surface area contributed by atoms with Gasteiger partial charge in [-0.2, -0.15) is 0 Å². The Bertz CT molecular complexity index is 790. The quantitative estimate of drug-likeness (QED) is 0.743. The average molecular weight is 374 g/mol. The lowest BCUT2D eigenvalue weighted by Crippen LogP contribution is -2.28. The summed E-state index contributed by atoms with van der Waals surface area (Å²) < 4.78 is 16.7. The number of carbonyl (C=O) groups is 2.